The molecule has 0 aliphatic carbocycles. The van der Waals surface area contributed by atoms with Crippen molar-refractivity contribution >= 4 is 5.97 Å². The van der Waals surface area contributed by atoms with Crippen molar-refractivity contribution in [1.29, 1.82) is 0 Å². The number of hydrogen-bond acceptors (Lipinski definition) is 4. The molecule has 0 fully saturated rings. The molecule has 1 N–H and O–H groups in total. The number of aliphatic carboxylic acids is 1. The molecule has 1 unspecified atom stereocenters. The third-order valence-electron chi connectivity index (χ3n) is 2.82. The lowest BCUT2D eigenvalue weighted by atomic mass is 10.0. The number of aryl methyl sites for hydroxylation is 1. The van der Waals surface area contributed by atoms with Gasteiger partial charge < -0.3 is 9.63 Å². The largest absolute Gasteiger partial charge is 0.481 e. The number of nitrogens with zero attached hydrogens (tertiary/aromatic N) is 2. The van der Waals surface area contributed by atoms with Gasteiger partial charge in [-0.25, -0.2) is 0 Å². The second kappa shape index (κ2) is 5.65. The summed E-state index contributed by atoms with van der Waals surface area (Å²) in [5.41, 5.74) is 2.06. The van der Waals surface area contributed by atoms with E-state index in [-0.39, 0.29) is 12.3 Å². The predicted molar refractivity (Wildman–Crippen MR) is 69.6 cm³/mol. The van der Waals surface area contributed by atoms with Crippen LogP contribution in [-0.4, -0.2) is 21.2 Å². The first-order valence-corrected chi connectivity index (χ1v) is 6.16. The fourth-order valence-electron chi connectivity index (χ4n) is 1.83. The van der Waals surface area contributed by atoms with E-state index in [1.807, 2.05) is 38.1 Å². The molecule has 0 spiro atoms. The van der Waals surface area contributed by atoms with Crippen molar-refractivity contribution in [2.45, 2.75) is 26.7 Å². The fourth-order valence-corrected chi connectivity index (χ4v) is 1.83. The summed E-state index contributed by atoms with van der Waals surface area (Å²) < 4.78 is 5.15. The van der Waals surface area contributed by atoms with Gasteiger partial charge in [-0.2, -0.15) is 4.98 Å². The van der Waals surface area contributed by atoms with Crippen LogP contribution in [0.3, 0.4) is 0 Å². The Labute approximate surface area is 111 Å². The molecule has 1 aromatic carbocycles. The highest BCUT2D eigenvalue weighted by Crippen LogP contribution is 2.18. The van der Waals surface area contributed by atoms with Crippen LogP contribution in [0.4, 0.5) is 0 Å². The summed E-state index contributed by atoms with van der Waals surface area (Å²) in [4.78, 5) is 14.9. The Morgan fingerprint density at radius 3 is 2.68 bits per heavy atom. The van der Waals surface area contributed by atoms with Crippen molar-refractivity contribution in [2.24, 2.45) is 5.92 Å². The molecule has 0 aliphatic heterocycles. The third-order valence-corrected chi connectivity index (χ3v) is 2.82. The van der Waals surface area contributed by atoms with E-state index in [0.717, 1.165) is 5.56 Å². The van der Waals surface area contributed by atoms with E-state index in [4.69, 9.17) is 9.63 Å². The Kier molecular flexibility index (Phi) is 3.94. The standard InChI is InChI=1S/C14H16N2O3/c1-9-3-5-11(6-4-9)14-15-12(19-16-14)7-10(2)8-13(17)18/h3-6,10H,7-8H2,1-2H3,(H,17,18). The molecular formula is C14H16N2O3. The van der Waals surface area contributed by atoms with Crippen LogP contribution in [0, 0.1) is 12.8 Å². The lowest BCUT2D eigenvalue weighted by Crippen LogP contribution is -2.07. The van der Waals surface area contributed by atoms with Crippen LogP contribution in [-0.2, 0) is 11.2 Å². The van der Waals surface area contributed by atoms with E-state index in [1.165, 1.54) is 5.56 Å². The molecule has 5 heteroatoms. The van der Waals surface area contributed by atoms with Gasteiger partial charge >= 0.3 is 5.97 Å². The summed E-state index contributed by atoms with van der Waals surface area (Å²) >= 11 is 0. The summed E-state index contributed by atoms with van der Waals surface area (Å²) in [5.74, 6) is 0.177. The summed E-state index contributed by atoms with van der Waals surface area (Å²) in [7, 11) is 0. The molecule has 0 saturated carbocycles. The molecule has 0 radical (unpaired) electrons. The number of carbonyl (C=O) groups is 1. The summed E-state index contributed by atoms with van der Waals surface area (Å²) in [6.45, 7) is 3.86. The van der Waals surface area contributed by atoms with Crippen LogP contribution >= 0.6 is 0 Å². The van der Waals surface area contributed by atoms with Gasteiger partial charge in [-0.15, -0.1) is 0 Å². The van der Waals surface area contributed by atoms with Crippen molar-refractivity contribution in [3.05, 3.63) is 35.7 Å². The van der Waals surface area contributed by atoms with Crippen molar-refractivity contribution in [2.75, 3.05) is 0 Å². The summed E-state index contributed by atoms with van der Waals surface area (Å²) in [5, 5.41) is 12.6. The van der Waals surface area contributed by atoms with Crippen molar-refractivity contribution in [1.82, 2.24) is 10.1 Å². The molecule has 5 nitrogen and oxygen atoms in total. The van der Waals surface area contributed by atoms with Crippen molar-refractivity contribution < 1.29 is 14.4 Å². The van der Waals surface area contributed by atoms with Gasteiger partial charge in [0.15, 0.2) is 0 Å². The molecule has 2 rings (SSSR count). The Bertz CT molecular complexity index is 560. The monoisotopic (exact) mass is 260 g/mol. The Hall–Kier alpha value is -2.17. The smallest absolute Gasteiger partial charge is 0.303 e. The number of carboxylic acids is 1. The molecule has 19 heavy (non-hydrogen) atoms. The Morgan fingerprint density at radius 2 is 2.05 bits per heavy atom. The molecule has 2 aromatic rings. The van der Waals surface area contributed by atoms with E-state index in [0.29, 0.717) is 18.1 Å². The van der Waals surface area contributed by atoms with Gasteiger partial charge in [0, 0.05) is 18.4 Å². The second-order valence-corrected chi connectivity index (χ2v) is 4.78. The summed E-state index contributed by atoms with van der Waals surface area (Å²) in [6, 6.07) is 7.84. The van der Waals surface area contributed by atoms with E-state index in [2.05, 4.69) is 10.1 Å². The van der Waals surface area contributed by atoms with Gasteiger partial charge in [0.1, 0.15) is 0 Å². The quantitative estimate of drug-likeness (QED) is 0.894. The first kappa shape index (κ1) is 13.3. The highest BCUT2D eigenvalue weighted by Gasteiger charge is 2.14. The predicted octanol–water partition coefficient (Wildman–Crippen LogP) is 2.70. The van der Waals surface area contributed by atoms with E-state index < -0.39 is 5.97 Å². The van der Waals surface area contributed by atoms with Gasteiger partial charge in [0.25, 0.3) is 0 Å². The minimum atomic E-state index is -0.814. The molecule has 0 amide bonds. The van der Waals surface area contributed by atoms with Gasteiger partial charge in [-0.05, 0) is 12.8 Å². The molecule has 0 saturated heterocycles. The first-order valence-electron chi connectivity index (χ1n) is 6.16. The van der Waals surface area contributed by atoms with Crippen LogP contribution < -0.4 is 0 Å². The maximum absolute atomic E-state index is 10.6. The lowest BCUT2D eigenvalue weighted by molar-refractivity contribution is -0.137. The number of aromatic nitrogens is 2. The van der Waals surface area contributed by atoms with E-state index in [1.54, 1.807) is 0 Å². The average Bonchev–Trinajstić information content (AvgIpc) is 2.77. The first-order chi connectivity index (χ1) is 9.04. The van der Waals surface area contributed by atoms with E-state index in [9.17, 15) is 4.79 Å². The Morgan fingerprint density at radius 1 is 1.37 bits per heavy atom. The normalized spacial score (nSPS) is 12.3. The van der Waals surface area contributed by atoms with E-state index >= 15 is 0 Å². The highest BCUT2D eigenvalue weighted by atomic mass is 16.5. The Balaban J connectivity index is 2.06. The van der Waals surface area contributed by atoms with Crippen LogP contribution in [0.5, 0.6) is 0 Å². The number of benzene rings is 1. The summed E-state index contributed by atoms with van der Waals surface area (Å²) in [6.07, 6.45) is 0.577. The van der Waals surface area contributed by atoms with Gasteiger partial charge in [-0.1, -0.05) is 41.9 Å². The number of carboxylic acid groups (broad SMARTS) is 1. The zero-order valence-corrected chi connectivity index (χ0v) is 11.0. The maximum atomic E-state index is 10.6. The average molecular weight is 260 g/mol. The molecule has 0 bridgehead atoms. The van der Waals surface area contributed by atoms with Crippen LogP contribution in [0.15, 0.2) is 28.8 Å². The van der Waals surface area contributed by atoms with Crippen LogP contribution in [0.2, 0.25) is 0 Å². The topological polar surface area (TPSA) is 76.2 Å². The SMILES string of the molecule is Cc1ccc(-c2noc(CC(C)CC(=O)O)n2)cc1. The molecule has 100 valence electrons. The van der Waals surface area contributed by atoms with Gasteiger partial charge in [0.05, 0.1) is 0 Å². The zero-order valence-electron chi connectivity index (χ0n) is 11.0. The number of hydrogen-bond donors (Lipinski definition) is 1. The van der Waals surface area contributed by atoms with Crippen molar-refractivity contribution in [3.8, 4) is 11.4 Å². The minimum absolute atomic E-state index is 0.0242. The third kappa shape index (κ3) is 3.64. The molecule has 1 aromatic heterocycles. The molecule has 1 atom stereocenters. The van der Waals surface area contributed by atoms with Crippen LogP contribution in [0.1, 0.15) is 24.8 Å². The van der Waals surface area contributed by atoms with Crippen LogP contribution in [0.25, 0.3) is 11.4 Å². The molecule has 1 heterocycles. The second-order valence-electron chi connectivity index (χ2n) is 4.78. The number of rotatable bonds is 5. The fraction of sp³-hybridized carbons (Fsp3) is 0.357. The highest BCUT2D eigenvalue weighted by molar-refractivity contribution is 5.67. The molecular weight excluding hydrogens is 244 g/mol. The maximum Gasteiger partial charge on any atom is 0.303 e. The van der Waals surface area contributed by atoms with Gasteiger partial charge in [0.2, 0.25) is 11.7 Å². The molecule has 0 aliphatic rings. The zero-order chi connectivity index (χ0) is 13.8. The van der Waals surface area contributed by atoms with Gasteiger partial charge in [-0.3, -0.25) is 4.79 Å². The lowest BCUT2D eigenvalue weighted by Gasteiger charge is -2.03. The minimum Gasteiger partial charge on any atom is -0.481 e. The van der Waals surface area contributed by atoms with Crippen molar-refractivity contribution in [3.63, 3.8) is 0 Å².